The van der Waals surface area contributed by atoms with E-state index in [0.29, 0.717) is 11.7 Å². The Labute approximate surface area is 180 Å². The first-order valence-corrected chi connectivity index (χ1v) is 10.6. The van der Waals surface area contributed by atoms with Crippen LogP contribution >= 0.6 is 11.3 Å². The van der Waals surface area contributed by atoms with E-state index in [1.807, 2.05) is 67.6 Å². The second kappa shape index (κ2) is 10.4. The third kappa shape index (κ3) is 5.56. The van der Waals surface area contributed by atoms with Gasteiger partial charge in [0.15, 0.2) is 5.13 Å². The lowest BCUT2D eigenvalue weighted by molar-refractivity contribution is -0.112. The minimum absolute atomic E-state index is 0.0174. The first kappa shape index (κ1) is 21.3. The average molecular weight is 418 g/mol. The Bertz CT molecular complexity index is 1060. The van der Waals surface area contributed by atoms with E-state index in [1.165, 1.54) is 11.3 Å². The van der Waals surface area contributed by atoms with Crippen LogP contribution in [0.15, 0.2) is 60.2 Å². The number of aryl methyl sites for hydroxylation is 1. The van der Waals surface area contributed by atoms with Gasteiger partial charge in [0, 0.05) is 10.4 Å². The molecule has 0 atom stereocenters. The number of thiazole rings is 1. The van der Waals surface area contributed by atoms with Gasteiger partial charge in [0.05, 0.1) is 12.3 Å². The number of nitrogens with one attached hydrogen (secondary N) is 1. The maximum Gasteiger partial charge on any atom is 0.268 e. The van der Waals surface area contributed by atoms with Crippen LogP contribution in [0.1, 0.15) is 30.2 Å². The van der Waals surface area contributed by atoms with Gasteiger partial charge in [-0.3, -0.25) is 10.1 Å². The lowest BCUT2D eigenvalue weighted by Gasteiger charge is -2.05. The van der Waals surface area contributed by atoms with E-state index in [1.54, 1.807) is 6.08 Å². The summed E-state index contributed by atoms with van der Waals surface area (Å²) >= 11 is 1.39. The molecule has 1 aromatic heterocycles. The minimum atomic E-state index is -0.478. The molecule has 1 amide bonds. The van der Waals surface area contributed by atoms with Crippen molar-refractivity contribution in [1.82, 2.24) is 4.98 Å². The SMILES string of the molecule is CCCCOc1ccc(/C=C(\C#N)C(=O)Nc2nc(-c3ccccc3)c(C)s2)cc1. The molecule has 152 valence electrons. The summed E-state index contributed by atoms with van der Waals surface area (Å²) in [6.45, 7) is 4.75. The molecule has 0 spiro atoms. The summed E-state index contributed by atoms with van der Waals surface area (Å²) in [4.78, 5) is 18.1. The fourth-order valence-electron chi connectivity index (χ4n) is 2.79. The molecular formula is C24H23N3O2S. The van der Waals surface area contributed by atoms with E-state index in [4.69, 9.17) is 4.74 Å². The predicted octanol–water partition coefficient (Wildman–Crippen LogP) is 5.84. The van der Waals surface area contributed by atoms with Crippen LogP contribution in [0, 0.1) is 18.3 Å². The number of hydrogen-bond acceptors (Lipinski definition) is 5. The van der Waals surface area contributed by atoms with Crippen molar-refractivity contribution in [3.05, 3.63) is 70.6 Å². The molecular weight excluding hydrogens is 394 g/mol. The molecule has 0 saturated heterocycles. The maximum atomic E-state index is 12.6. The van der Waals surface area contributed by atoms with E-state index < -0.39 is 5.91 Å². The van der Waals surface area contributed by atoms with Crippen LogP contribution < -0.4 is 10.1 Å². The fourth-order valence-corrected chi connectivity index (χ4v) is 3.62. The molecule has 0 unspecified atom stereocenters. The molecule has 0 bridgehead atoms. The van der Waals surface area contributed by atoms with Crippen molar-refractivity contribution in [1.29, 1.82) is 5.26 Å². The number of nitriles is 1. The fraction of sp³-hybridized carbons (Fsp3) is 0.208. The largest absolute Gasteiger partial charge is 0.494 e. The first-order valence-electron chi connectivity index (χ1n) is 9.79. The van der Waals surface area contributed by atoms with Crippen LogP contribution in [0.4, 0.5) is 5.13 Å². The number of rotatable bonds is 8. The summed E-state index contributed by atoms with van der Waals surface area (Å²) in [6.07, 6.45) is 3.64. The monoisotopic (exact) mass is 417 g/mol. The average Bonchev–Trinajstić information content (AvgIpc) is 3.13. The summed E-state index contributed by atoms with van der Waals surface area (Å²) in [5.74, 6) is 0.296. The van der Waals surface area contributed by atoms with Gasteiger partial charge in [0.2, 0.25) is 0 Å². The van der Waals surface area contributed by atoms with Crippen LogP contribution in [0.5, 0.6) is 5.75 Å². The summed E-state index contributed by atoms with van der Waals surface area (Å²) in [6, 6.07) is 19.1. The molecule has 0 aliphatic rings. The highest BCUT2D eigenvalue weighted by Gasteiger charge is 2.15. The molecule has 0 saturated carbocycles. The van der Waals surface area contributed by atoms with Crippen molar-refractivity contribution < 1.29 is 9.53 Å². The Hall–Kier alpha value is -3.43. The van der Waals surface area contributed by atoms with E-state index >= 15 is 0 Å². The normalized spacial score (nSPS) is 11.0. The topological polar surface area (TPSA) is 75.0 Å². The van der Waals surface area contributed by atoms with Crippen molar-refractivity contribution >= 4 is 28.5 Å². The minimum Gasteiger partial charge on any atom is -0.494 e. The van der Waals surface area contributed by atoms with Gasteiger partial charge in [0.1, 0.15) is 17.4 Å². The zero-order valence-electron chi connectivity index (χ0n) is 17.0. The molecule has 3 aromatic rings. The molecule has 3 rings (SSSR count). The van der Waals surface area contributed by atoms with Crippen LogP contribution in [0.3, 0.4) is 0 Å². The van der Waals surface area contributed by atoms with Crippen molar-refractivity contribution in [3.8, 4) is 23.1 Å². The van der Waals surface area contributed by atoms with E-state index in [-0.39, 0.29) is 5.57 Å². The third-order valence-electron chi connectivity index (χ3n) is 4.39. The number of carbonyl (C=O) groups is 1. The highest BCUT2D eigenvalue weighted by molar-refractivity contribution is 7.16. The van der Waals surface area contributed by atoms with Gasteiger partial charge in [-0.2, -0.15) is 5.26 Å². The Morgan fingerprint density at radius 3 is 2.60 bits per heavy atom. The second-order valence-electron chi connectivity index (χ2n) is 6.68. The highest BCUT2D eigenvalue weighted by Crippen LogP contribution is 2.30. The smallest absolute Gasteiger partial charge is 0.268 e. The lowest BCUT2D eigenvalue weighted by Crippen LogP contribution is -2.13. The summed E-state index contributed by atoms with van der Waals surface area (Å²) in [5, 5.41) is 12.7. The molecule has 0 aliphatic carbocycles. The lowest BCUT2D eigenvalue weighted by atomic mass is 10.1. The zero-order valence-corrected chi connectivity index (χ0v) is 17.8. The molecule has 0 aliphatic heterocycles. The molecule has 1 heterocycles. The molecule has 6 heteroatoms. The zero-order chi connectivity index (χ0) is 21.3. The number of nitrogens with zero attached hydrogens (tertiary/aromatic N) is 2. The second-order valence-corrected chi connectivity index (χ2v) is 7.89. The van der Waals surface area contributed by atoms with Gasteiger partial charge in [-0.1, -0.05) is 55.8 Å². The summed E-state index contributed by atoms with van der Waals surface area (Å²) in [5.41, 5.74) is 2.59. The Kier molecular flexibility index (Phi) is 7.36. The van der Waals surface area contributed by atoms with E-state index in [9.17, 15) is 10.1 Å². The van der Waals surface area contributed by atoms with Crippen LogP contribution in [-0.4, -0.2) is 17.5 Å². The number of carbonyl (C=O) groups excluding carboxylic acids is 1. The van der Waals surface area contributed by atoms with Gasteiger partial charge >= 0.3 is 0 Å². The van der Waals surface area contributed by atoms with E-state index in [2.05, 4.69) is 17.2 Å². The Morgan fingerprint density at radius 1 is 1.20 bits per heavy atom. The van der Waals surface area contributed by atoms with Crippen LogP contribution in [0.25, 0.3) is 17.3 Å². The van der Waals surface area contributed by atoms with Gasteiger partial charge in [-0.05, 0) is 37.1 Å². The standard InChI is InChI=1S/C24H23N3O2S/c1-3-4-14-29-21-12-10-18(11-13-21)15-20(16-25)23(28)27-24-26-22(17(2)30-24)19-8-6-5-7-9-19/h5-13,15H,3-4,14H2,1-2H3,(H,26,27,28)/b20-15+. The first-order chi connectivity index (χ1) is 14.6. The number of benzene rings is 2. The molecule has 30 heavy (non-hydrogen) atoms. The van der Waals surface area contributed by atoms with Crippen LogP contribution in [0.2, 0.25) is 0 Å². The Balaban J connectivity index is 1.70. The van der Waals surface area contributed by atoms with Crippen molar-refractivity contribution in [2.45, 2.75) is 26.7 Å². The summed E-state index contributed by atoms with van der Waals surface area (Å²) in [7, 11) is 0. The quantitative estimate of drug-likeness (QED) is 0.284. The van der Waals surface area contributed by atoms with Crippen molar-refractivity contribution in [3.63, 3.8) is 0 Å². The highest BCUT2D eigenvalue weighted by atomic mass is 32.1. The maximum absolute atomic E-state index is 12.6. The summed E-state index contributed by atoms with van der Waals surface area (Å²) < 4.78 is 5.64. The molecule has 0 fully saturated rings. The molecule has 1 N–H and O–H groups in total. The number of anilines is 1. The van der Waals surface area contributed by atoms with Gasteiger partial charge in [-0.15, -0.1) is 11.3 Å². The van der Waals surface area contributed by atoms with Gasteiger partial charge < -0.3 is 4.74 Å². The predicted molar refractivity (Wildman–Crippen MR) is 121 cm³/mol. The Morgan fingerprint density at radius 2 is 1.93 bits per heavy atom. The van der Waals surface area contributed by atoms with Crippen molar-refractivity contribution in [2.75, 3.05) is 11.9 Å². The van der Waals surface area contributed by atoms with Gasteiger partial charge in [0.25, 0.3) is 5.91 Å². The van der Waals surface area contributed by atoms with Gasteiger partial charge in [-0.25, -0.2) is 4.98 Å². The molecule has 2 aromatic carbocycles. The number of hydrogen-bond donors (Lipinski definition) is 1. The number of amides is 1. The van der Waals surface area contributed by atoms with Crippen LogP contribution in [-0.2, 0) is 4.79 Å². The molecule has 0 radical (unpaired) electrons. The number of unbranched alkanes of at least 4 members (excludes halogenated alkanes) is 1. The molecule has 5 nitrogen and oxygen atoms in total. The third-order valence-corrected chi connectivity index (χ3v) is 5.27. The van der Waals surface area contributed by atoms with Crippen molar-refractivity contribution in [2.24, 2.45) is 0 Å². The van der Waals surface area contributed by atoms with E-state index in [0.717, 1.165) is 40.3 Å². The number of aromatic nitrogens is 1. The number of ether oxygens (including phenoxy) is 1.